The lowest BCUT2D eigenvalue weighted by molar-refractivity contribution is -0.385. The molecule has 0 spiro atoms. The van der Waals surface area contributed by atoms with Crippen LogP contribution in [-0.2, 0) is 4.79 Å². The van der Waals surface area contributed by atoms with Crippen LogP contribution in [0.1, 0.15) is 12.5 Å². The number of amides is 1. The van der Waals surface area contributed by atoms with Crippen LogP contribution in [0.2, 0.25) is 0 Å². The van der Waals surface area contributed by atoms with Crippen molar-refractivity contribution in [1.29, 1.82) is 0 Å². The van der Waals surface area contributed by atoms with Gasteiger partial charge in [0.1, 0.15) is 0 Å². The highest BCUT2D eigenvalue weighted by atomic mass is 16.6. The molecule has 0 saturated carbocycles. The first kappa shape index (κ1) is 17.9. The van der Waals surface area contributed by atoms with Crippen LogP contribution in [-0.4, -0.2) is 17.9 Å². The first-order valence-electron chi connectivity index (χ1n) is 6.70. The molecule has 1 aromatic rings. The number of nitro groups is 1. The van der Waals surface area contributed by atoms with Crippen molar-refractivity contribution in [3.8, 4) is 5.75 Å². The third-order valence-corrected chi connectivity index (χ3v) is 2.92. The fourth-order valence-electron chi connectivity index (χ4n) is 1.77. The van der Waals surface area contributed by atoms with Gasteiger partial charge in [-0.25, -0.2) is 0 Å². The Morgan fingerprint density at radius 2 is 2.09 bits per heavy atom. The second kappa shape index (κ2) is 8.33. The van der Waals surface area contributed by atoms with E-state index in [0.29, 0.717) is 16.8 Å². The number of nitrogens with one attached hydrogen (secondary N) is 1. The Labute approximate surface area is 134 Å². The summed E-state index contributed by atoms with van der Waals surface area (Å²) in [7, 11) is 1.36. The average molecular weight is 314 g/mol. The minimum Gasteiger partial charge on any atom is -0.490 e. The molecular formula is C17H18N2O4. The number of carbonyl (C=O) groups excluding carboxylic acids is 1. The van der Waals surface area contributed by atoms with Crippen LogP contribution in [0.15, 0.2) is 60.9 Å². The monoisotopic (exact) mass is 314 g/mol. The highest BCUT2D eigenvalue weighted by Crippen LogP contribution is 2.28. The lowest BCUT2D eigenvalue weighted by Gasteiger charge is -2.06. The third kappa shape index (κ3) is 4.96. The number of methoxy groups -OCH3 is 1. The molecule has 120 valence electrons. The van der Waals surface area contributed by atoms with Crippen molar-refractivity contribution < 1.29 is 14.5 Å². The maximum absolute atomic E-state index is 12.1. The second-order valence-corrected chi connectivity index (χ2v) is 4.53. The van der Waals surface area contributed by atoms with Crippen molar-refractivity contribution in [2.45, 2.75) is 6.92 Å². The molecule has 1 rings (SSSR count). The van der Waals surface area contributed by atoms with Crippen LogP contribution in [0.5, 0.6) is 5.75 Å². The maximum atomic E-state index is 12.1. The molecule has 6 heteroatoms. The van der Waals surface area contributed by atoms with E-state index in [-0.39, 0.29) is 17.3 Å². The molecule has 0 aliphatic rings. The number of benzene rings is 1. The van der Waals surface area contributed by atoms with Gasteiger partial charge in [0, 0.05) is 17.3 Å². The first-order chi connectivity index (χ1) is 10.9. The van der Waals surface area contributed by atoms with Gasteiger partial charge in [0.15, 0.2) is 5.75 Å². The van der Waals surface area contributed by atoms with E-state index < -0.39 is 4.92 Å². The molecule has 0 unspecified atom stereocenters. The largest absolute Gasteiger partial charge is 0.490 e. The molecule has 23 heavy (non-hydrogen) atoms. The molecule has 1 amide bonds. The van der Waals surface area contributed by atoms with E-state index in [9.17, 15) is 14.9 Å². The summed E-state index contributed by atoms with van der Waals surface area (Å²) in [5.74, 6) is -0.173. The van der Waals surface area contributed by atoms with Gasteiger partial charge in [-0.1, -0.05) is 25.3 Å². The zero-order valence-electron chi connectivity index (χ0n) is 13.0. The summed E-state index contributed by atoms with van der Waals surface area (Å²) in [6.45, 7) is 8.74. The highest BCUT2D eigenvalue weighted by molar-refractivity contribution is 5.98. The lowest BCUT2D eigenvalue weighted by Crippen LogP contribution is -2.22. The number of nitro benzene ring substituents is 1. The van der Waals surface area contributed by atoms with Gasteiger partial charge in [-0.15, -0.1) is 0 Å². The minimum absolute atomic E-state index is 0.159. The van der Waals surface area contributed by atoms with Gasteiger partial charge >= 0.3 is 5.69 Å². The summed E-state index contributed by atoms with van der Waals surface area (Å²) >= 11 is 0. The topological polar surface area (TPSA) is 81.5 Å². The normalized spacial score (nSPS) is 11.6. The van der Waals surface area contributed by atoms with Crippen molar-refractivity contribution in [2.24, 2.45) is 0 Å². The predicted octanol–water partition coefficient (Wildman–Crippen LogP) is 3.38. The van der Waals surface area contributed by atoms with E-state index in [2.05, 4.69) is 18.5 Å². The number of nitrogens with zero attached hydrogens (tertiary/aromatic N) is 1. The van der Waals surface area contributed by atoms with Gasteiger partial charge in [-0.2, -0.15) is 0 Å². The summed E-state index contributed by atoms with van der Waals surface area (Å²) in [6, 6.07) is 4.47. The summed E-state index contributed by atoms with van der Waals surface area (Å²) in [5, 5.41) is 13.7. The van der Waals surface area contributed by atoms with Crippen molar-refractivity contribution in [3.63, 3.8) is 0 Å². The SMILES string of the molecule is C=C/C=C(\C=C)NC(=O)/C(C)=C/c1ccc(OC)c([N+](=O)[O-])c1. The van der Waals surface area contributed by atoms with Crippen LogP contribution >= 0.6 is 0 Å². The quantitative estimate of drug-likeness (QED) is 0.362. The Balaban J connectivity index is 3.06. The molecule has 1 aromatic carbocycles. The summed E-state index contributed by atoms with van der Waals surface area (Å²) in [5.41, 5.74) is 1.27. The van der Waals surface area contributed by atoms with Gasteiger partial charge in [-0.05, 0) is 36.8 Å². The lowest BCUT2D eigenvalue weighted by atomic mass is 10.1. The van der Waals surface area contributed by atoms with E-state index in [1.807, 2.05) is 0 Å². The van der Waals surface area contributed by atoms with Gasteiger partial charge in [-0.3, -0.25) is 14.9 Å². The molecule has 0 bridgehead atoms. The molecule has 0 atom stereocenters. The Kier molecular flexibility index (Phi) is 6.48. The molecule has 0 aromatic heterocycles. The Hall–Kier alpha value is -3.15. The van der Waals surface area contributed by atoms with Crippen LogP contribution in [0.25, 0.3) is 6.08 Å². The Morgan fingerprint density at radius 3 is 2.61 bits per heavy atom. The fourth-order valence-corrected chi connectivity index (χ4v) is 1.77. The molecule has 0 aliphatic carbocycles. The maximum Gasteiger partial charge on any atom is 0.311 e. The van der Waals surface area contributed by atoms with E-state index in [4.69, 9.17) is 4.74 Å². The van der Waals surface area contributed by atoms with Crippen LogP contribution in [0.4, 0.5) is 5.69 Å². The Bertz CT molecular complexity index is 703. The first-order valence-corrected chi connectivity index (χ1v) is 6.70. The molecule has 0 aliphatic heterocycles. The van der Waals surface area contributed by atoms with Gasteiger partial charge in [0.25, 0.3) is 5.91 Å². The van der Waals surface area contributed by atoms with E-state index in [1.54, 1.807) is 25.1 Å². The number of ether oxygens (including phenoxy) is 1. The standard InChI is InChI=1S/C17H18N2O4/c1-5-7-14(6-2)18-17(20)12(3)10-13-8-9-16(23-4)15(11-13)19(21)22/h5-11H,1-2H2,3-4H3,(H,18,20)/b12-10+,14-7+. The number of carbonyl (C=O) groups is 1. The van der Waals surface area contributed by atoms with Crippen LogP contribution in [0.3, 0.4) is 0 Å². The van der Waals surface area contributed by atoms with Crippen LogP contribution in [0, 0.1) is 10.1 Å². The van der Waals surface area contributed by atoms with E-state index in [0.717, 1.165) is 0 Å². The molecule has 0 saturated heterocycles. The van der Waals surface area contributed by atoms with Crippen LogP contribution < -0.4 is 10.1 Å². The van der Waals surface area contributed by atoms with E-state index >= 15 is 0 Å². The number of hydrogen-bond acceptors (Lipinski definition) is 4. The molecule has 0 radical (unpaired) electrons. The predicted molar refractivity (Wildman–Crippen MR) is 89.9 cm³/mol. The molecule has 0 fully saturated rings. The summed E-state index contributed by atoms with van der Waals surface area (Å²) in [4.78, 5) is 22.5. The number of allylic oxidation sites excluding steroid dienone is 3. The van der Waals surface area contributed by atoms with Crippen molar-refractivity contribution in [2.75, 3.05) is 7.11 Å². The summed E-state index contributed by atoms with van der Waals surface area (Å²) < 4.78 is 4.94. The highest BCUT2D eigenvalue weighted by Gasteiger charge is 2.15. The number of hydrogen-bond donors (Lipinski definition) is 1. The van der Waals surface area contributed by atoms with E-state index in [1.165, 1.54) is 31.4 Å². The molecule has 6 nitrogen and oxygen atoms in total. The average Bonchev–Trinajstić information content (AvgIpc) is 2.53. The fraction of sp³-hybridized carbons (Fsp3) is 0.118. The zero-order valence-corrected chi connectivity index (χ0v) is 13.0. The summed E-state index contributed by atoms with van der Waals surface area (Å²) in [6.07, 6.45) is 6.18. The molecule has 0 heterocycles. The van der Waals surface area contributed by atoms with Crippen molar-refractivity contribution >= 4 is 17.7 Å². The zero-order chi connectivity index (χ0) is 17.4. The Morgan fingerprint density at radius 1 is 1.39 bits per heavy atom. The van der Waals surface area contributed by atoms with Gasteiger partial charge in [0.05, 0.1) is 12.0 Å². The minimum atomic E-state index is -0.534. The van der Waals surface area contributed by atoms with Crippen molar-refractivity contribution in [3.05, 3.63) is 76.5 Å². The van der Waals surface area contributed by atoms with Gasteiger partial charge in [0.2, 0.25) is 0 Å². The van der Waals surface area contributed by atoms with Crippen molar-refractivity contribution in [1.82, 2.24) is 5.32 Å². The third-order valence-electron chi connectivity index (χ3n) is 2.92. The smallest absolute Gasteiger partial charge is 0.311 e. The molecular weight excluding hydrogens is 296 g/mol. The van der Waals surface area contributed by atoms with Gasteiger partial charge < -0.3 is 10.1 Å². The number of rotatable bonds is 7. The molecule has 1 N–H and O–H groups in total. The second-order valence-electron chi connectivity index (χ2n) is 4.53.